The van der Waals surface area contributed by atoms with Crippen LogP contribution in [0.5, 0.6) is 0 Å². The number of aromatic nitrogens is 2. The van der Waals surface area contributed by atoms with Gasteiger partial charge in [-0.15, -0.1) is 0 Å². The van der Waals surface area contributed by atoms with E-state index >= 15 is 0 Å². The predicted molar refractivity (Wildman–Crippen MR) is 89.8 cm³/mol. The van der Waals surface area contributed by atoms with Crippen molar-refractivity contribution in [3.8, 4) is 0 Å². The van der Waals surface area contributed by atoms with Gasteiger partial charge < -0.3 is 9.88 Å². The zero-order chi connectivity index (χ0) is 17.2. The second-order valence-corrected chi connectivity index (χ2v) is 7.82. The highest BCUT2D eigenvalue weighted by Crippen LogP contribution is 2.24. The molecule has 1 aliphatic heterocycles. The number of para-hydroxylation sites is 1. The molecule has 1 aliphatic rings. The average molecular weight is 348 g/mol. The summed E-state index contributed by atoms with van der Waals surface area (Å²) in [6.07, 6.45) is 4.26. The molecule has 0 aliphatic carbocycles. The highest BCUT2D eigenvalue weighted by molar-refractivity contribution is 7.89. The van der Waals surface area contributed by atoms with Crippen molar-refractivity contribution >= 4 is 21.6 Å². The van der Waals surface area contributed by atoms with E-state index in [2.05, 4.69) is 10.3 Å². The number of rotatable bonds is 4. The molecule has 3 rings (SSSR count). The van der Waals surface area contributed by atoms with Gasteiger partial charge in [-0.2, -0.15) is 4.31 Å². The van der Waals surface area contributed by atoms with Crippen LogP contribution in [0.4, 0.5) is 5.69 Å². The van der Waals surface area contributed by atoms with Gasteiger partial charge in [0.15, 0.2) is 5.03 Å². The predicted octanol–water partition coefficient (Wildman–Crippen LogP) is 1.46. The Kier molecular flexibility index (Phi) is 4.68. The monoisotopic (exact) mass is 348 g/mol. The highest BCUT2D eigenvalue weighted by atomic mass is 32.2. The van der Waals surface area contributed by atoms with Gasteiger partial charge in [-0.25, -0.2) is 13.4 Å². The number of hydrogen-bond acceptors (Lipinski definition) is 4. The van der Waals surface area contributed by atoms with E-state index in [0.717, 1.165) is 0 Å². The molecule has 1 N–H and O–H groups in total. The van der Waals surface area contributed by atoms with Crippen molar-refractivity contribution in [3.63, 3.8) is 0 Å². The summed E-state index contributed by atoms with van der Waals surface area (Å²) in [6, 6.07) is 9.17. The number of amides is 1. The van der Waals surface area contributed by atoms with Gasteiger partial charge in [0.05, 0.1) is 12.2 Å². The van der Waals surface area contributed by atoms with E-state index in [0.29, 0.717) is 25.1 Å². The van der Waals surface area contributed by atoms with E-state index in [4.69, 9.17) is 0 Å². The van der Waals surface area contributed by atoms with Crippen LogP contribution in [0, 0.1) is 5.92 Å². The highest BCUT2D eigenvalue weighted by Gasteiger charge is 2.34. The first-order chi connectivity index (χ1) is 11.5. The molecule has 1 amide bonds. The molecule has 0 spiro atoms. The minimum atomic E-state index is -3.66. The molecule has 1 atom stereocenters. The number of carbonyl (C=O) groups excluding carboxylic acids is 1. The molecule has 0 saturated carbocycles. The lowest BCUT2D eigenvalue weighted by atomic mass is 9.99. The summed E-state index contributed by atoms with van der Waals surface area (Å²) in [5.41, 5.74) is 0.715. The first-order valence-corrected chi connectivity index (χ1v) is 9.25. The maximum atomic E-state index is 12.6. The van der Waals surface area contributed by atoms with E-state index in [1.807, 2.05) is 30.3 Å². The standard InChI is InChI=1S/C16H20N4O3S/c1-19-11-15(17-12-19)24(22,23)20-9-5-6-13(10-20)16(21)18-14-7-3-2-4-8-14/h2-4,7-8,11-13H,5-6,9-10H2,1H3,(H,18,21)/t13-/m1/s1. The lowest BCUT2D eigenvalue weighted by Crippen LogP contribution is -2.43. The van der Waals surface area contributed by atoms with Crippen LogP contribution in [0.15, 0.2) is 47.9 Å². The van der Waals surface area contributed by atoms with Crippen molar-refractivity contribution in [2.75, 3.05) is 18.4 Å². The quantitative estimate of drug-likeness (QED) is 0.906. The van der Waals surface area contributed by atoms with Crippen LogP contribution >= 0.6 is 0 Å². The number of hydrogen-bond donors (Lipinski definition) is 1. The second kappa shape index (κ2) is 6.74. The van der Waals surface area contributed by atoms with E-state index in [9.17, 15) is 13.2 Å². The molecule has 0 bridgehead atoms. The van der Waals surface area contributed by atoms with E-state index < -0.39 is 10.0 Å². The number of sulfonamides is 1. The van der Waals surface area contributed by atoms with Crippen molar-refractivity contribution in [1.29, 1.82) is 0 Å². The Labute approximate surface area is 141 Å². The molecule has 1 aromatic heterocycles. The van der Waals surface area contributed by atoms with Crippen molar-refractivity contribution in [2.45, 2.75) is 17.9 Å². The molecule has 2 heterocycles. The van der Waals surface area contributed by atoms with Gasteiger partial charge in [0.25, 0.3) is 10.0 Å². The zero-order valence-electron chi connectivity index (χ0n) is 13.4. The summed E-state index contributed by atoms with van der Waals surface area (Å²) in [5, 5.41) is 2.87. The van der Waals surface area contributed by atoms with Gasteiger partial charge in [-0.05, 0) is 25.0 Å². The Morgan fingerprint density at radius 3 is 2.71 bits per heavy atom. The van der Waals surface area contributed by atoms with Crippen molar-refractivity contribution in [1.82, 2.24) is 13.9 Å². The van der Waals surface area contributed by atoms with Crippen molar-refractivity contribution in [3.05, 3.63) is 42.9 Å². The summed E-state index contributed by atoms with van der Waals surface area (Å²) >= 11 is 0. The Balaban J connectivity index is 1.71. The van der Waals surface area contributed by atoms with Gasteiger partial charge >= 0.3 is 0 Å². The molecule has 1 aromatic carbocycles. The van der Waals surface area contributed by atoms with Crippen molar-refractivity contribution < 1.29 is 13.2 Å². The SMILES string of the molecule is Cn1cnc(S(=O)(=O)N2CCC[C@@H](C(=O)Nc3ccccc3)C2)c1. The molecular weight excluding hydrogens is 328 g/mol. The lowest BCUT2D eigenvalue weighted by molar-refractivity contribution is -0.120. The van der Waals surface area contributed by atoms with Crippen LogP contribution in [0.2, 0.25) is 0 Å². The van der Waals surface area contributed by atoms with Gasteiger partial charge in [-0.1, -0.05) is 18.2 Å². The lowest BCUT2D eigenvalue weighted by Gasteiger charge is -2.30. The van der Waals surface area contributed by atoms with Gasteiger partial charge in [0.2, 0.25) is 5.91 Å². The summed E-state index contributed by atoms with van der Waals surface area (Å²) < 4.78 is 28.2. The molecule has 0 radical (unpaired) electrons. The smallest absolute Gasteiger partial charge is 0.262 e. The van der Waals surface area contributed by atoms with Crippen LogP contribution in [0.25, 0.3) is 0 Å². The molecule has 7 nitrogen and oxygen atoms in total. The zero-order valence-corrected chi connectivity index (χ0v) is 14.2. The summed E-state index contributed by atoms with van der Waals surface area (Å²) in [4.78, 5) is 16.4. The molecule has 128 valence electrons. The number of piperidine rings is 1. The first kappa shape index (κ1) is 16.7. The van der Waals surface area contributed by atoms with E-state index in [1.54, 1.807) is 11.6 Å². The fourth-order valence-electron chi connectivity index (χ4n) is 2.79. The maximum absolute atomic E-state index is 12.6. The molecule has 8 heteroatoms. The number of aryl methyl sites for hydroxylation is 1. The van der Waals surface area contributed by atoms with Crippen LogP contribution in [0.1, 0.15) is 12.8 Å². The summed E-state index contributed by atoms with van der Waals surface area (Å²) in [6.45, 7) is 0.589. The third-order valence-corrected chi connectivity index (χ3v) is 5.83. The summed E-state index contributed by atoms with van der Waals surface area (Å²) in [7, 11) is -1.94. The largest absolute Gasteiger partial charge is 0.339 e. The number of carbonyl (C=O) groups is 1. The third kappa shape index (κ3) is 3.49. The van der Waals surface area contributed by atoms with E-state index in [1.165, 1.54) is 16.8 Å². The second-order valence-electron chi connectivity index (χ2n) is 5.93. The van der Waals surface area contributed by atoms with Gasteiger partial charge in [0.1, 0.15) is 0 Å². The summed E-state index contributed by atoms with van der Waals surface area (Å²) in [5.74, 6) is -0.514. The van der Waals surface area contributed by atoms with Crippen LogP contribution in [-0.4, -0.2) is 41.3 Å². The molecule has 1 saturated heterocycles. The Morgan fingerprint density at radius 2 is 2.04 bits per heavy atom. The Morgan fingerprint density at radius 1 is 1.29 bits per heavy atom. The third-order valence-electron chi connectivity index (χ3n) is 4.08. The Bertz CT molecular complexity index is 817. The topological polar surface area (TPSA) is 84.3 Å². The molecule has 24 heavy (non-hydrogen) atoms. The van der Waals surface area contributed by atoms with Gasteiger partial charge in [0, 0.05) is 32.0 Å². The normalized spacial score (nSPS) is 19.1. The number of benzene rings is 1. The maximum Gasteiger partial charge on any atom is 0.262 e. The Hall–Kier alpha value is -2.19. The van der Waals surface area contributed by atoms with Gasteiger partial charge in [-0.3, -0.25) is 4.79 Å². The molecule has 1 fully saturated rings. The van der Waals surface area contributed by atoms with Crippen LogP contribution < -0.4 is 5.32 Å². The number of nitrogens with one attached hydrogen (secondary N) is 1. The van der Waals surface area contributed by atoms with Crippen LogP contribution in [0.3, 0.4) is 0 Å². The first-order valence-electron chi connectivity index (χ1n) is 7.81. The average Bonchev–Trinajstić information content (AvgIpc) is 3.03. The molecule has 0 unspecified atom stereocenters. The molecular formula is C16H20N4O3S. The minimum absolute atomic E-state index is 0.0223. The van der Waals surface area contributed by atoms with Crippen LogP contribution in [-0.2, 0) is 21.9 Å². The number of anilines is 1. The van der Waals surface area contributed by atoms with E-state index in [-0.39, 0.29) is 23.4 Å². The van der Waals surface area contributed by atoms with Crippen molar-refractivity contribution in [2.24, 2.45) is 13.0 Å². The fourth-order valence-corrected chi connectivity index (χ4v) is 4.28. The minimum Gasteiger partial charge on any atom is -0.339 e. The fraction of sp³-hybridized carbons (Fsp3) is 0.375. The number of nitrogens with zero attached hydrogens (tertiary/aromatic N) is 3. The molecule has 2 aromatic rings. The number of imidazole rings is 1.